The lowest BCUT2D eigenvalue weighted by molar-refractivity contribution is 0.0588. The molecule has 1 amide bonds. The molecule has 0 saturated carbocycles. The molecular formula is C14H17BrN4O4. The number of anilines is 1. The summed E-state index contributed by atoms with van der Waals surface area (Å²) >= 11 is 3.24. The Kier molecular flexibility index (Phi) is 4.71. The van der Waals surface area contributed by atoms with Crippen LogP contribution in [0.15, 0.2) is 15.5 Å². The van der Waals surface area contributed by atoms with Gasteiger partial charge in [-0.2, -0.15) is 5.10 Å². The summed E-state index contributed by atoms with van der Waals surface area (Å²) in [5.74, 6) is 0.113. The Balaban J connectivity index is 2.65. The molecule has 2 aromatic rings. The molecule has 0 aromatic carbocycles. The van der Waals surface area contributed by atoms with Gasteiger partial charge in [0.05, 0.1) is 17.7 Å². The predicted molar refractivity (Wildman–Crippen MR) is 88.4 cm³/mol. The van der Waals surface area contributed by atoms with Gasteiger partial charge >= 0.3 is 6.09 Å². The first-order chi connectivity index (χ1) is 10.6. The van der Waals surface area contributed by atoms with Gasteiger partial charge in [0.2, 0.25) is 0 Å². The maximum Gasteiger partial charge on any atom is 0.415 e. The Morgan fingerprint density at radius 3 is 2.70 bits per heavy atom. The lowest BCUT2D eigenvalue weighted by Crippen LogP contribution is -2.35. The normalized spacial score (nSPS) is 11.6. The Morgan fingerprint density at radius 1 is 1.48 bits per heavy atom. The number of pyridine rings is 1. The highest BCUT2D eigenvalue weighted by Crippen LogP contribution is 2.27. The number of aliphatic hydroxyl groups is 1. The minimum absolute atomic E-state index is 0.113. The number of amides is 1. The second-order valence-electron chi connectivity index (χ2n) is 5.89. The topological polar surface area (TPSA) is 108 Å². The molecule has 0 atom stereocenters. The third-order valence-corrected chi connectivity index (χ3v) is 3.34. The molecule has 0 fully saturated rings. The highest BCUT2D eigenvalue weighted by Gasteiger charge is 2.24. The number of aromatic nitrogens is 3. The van der Waals surface area contributed by atoms with Gasteiger partial charge < -0.3 is 9.84 Å². The van der Waals surface area contributed by atoms with E-state index in [-0.39, 0.29) is 23.5 Å². The molecule has 2 heterocycles. The first-order valence-corrected chi connectivity index (χ1v) is 7.58. The number of ether oxygens (including phenoxy) is 1. The molecule has 0 bridgehead atoms. The van der Waals surface area contributed by atoms with Crippen LogP contribution >= 0.6 is 15.9 Å². The number of fused-ring (bicyclic) bond motifs is 1. The zero-order valence-electron chi connectivity index (χ0n) is 13.2. The highest BCUT2D eigenvalue weighted by atomic mass is 79.9. The fourth-order valence-electron chi connectivity index (χ4n) is 1.97. The van der Waals surface area contributed by atoms with Gasteiger partial charge in [0, 0.05) is 12.4 Å². The number of aromatic amines is 1. The summed E-state index contributed by atoms with van der Waals surface area (Å²) in [6.07, 6.45) is -0.647. The lowest BCUT2D eigenvalue weighted by Gasteiger charge is -2.24. The van der Waals surface area contributed by atoms with Crippen LogP contribution in [-0.2, 0) is 11.3 Å². The van der Waals surface area contributed by atoms with Crippen molar-refractivity contribution in [3.8, 4) is 0 Å². The molecule has 0 aliphatic carbocycles. The first kappa shape index (κ1) is 17.4. The predicted octanol–water partition coefficient (Wildman–Crippen LogP) is 1.94. The van der Waals surface area contributed by atoms with E-state index in [1.807, 2.05) is 0 Å². The standard InChI is InChI=1S/C14H17BrN4O4/c1-14(2,3)23-13(22)19(4)11-10-7(5-9(15)16-11)8(6-20)17-18-12(10)21/h5,20H,6H2,1-4H3,(H,18,21). The molecule has 124 valence electrons. The third kappa shape index (κ3) is 3.67. The number of rotatable bonds is 2. The number of carbonyl (C=O) groups excluding carboxylic acids is 1. The van der Waals surface area contributed by atoms with Gasteiger partial charge in [-0.05, 0) is 42.8 Å². The van der Waals surface area contributed by atoms with Crippen LogP contribution in [0.4, 0.5) is 10.6 Å². The molecule has 0 aliphatic rings. The van der Waals surface area contributed by atoms with Crippen molar-refractivity contribution in [3.63, 3.8) is 0 Å². The van der Waals surface area contributed by atoms with Crippen molar-refractivity contribution in [1.82, 2.24) is 15.2 Å². The average Bonchev–Trinajstić information content (AvgIpc) is 2.44. The van der Waals surface area contributed by atoms with Gasteiger partial charge in [-0.25, -0.2) is 14.9 Å². The lowest BCUT2D eigenvalue weighted by atomic mass is 10.1. The molecule has 9 heteroatoms. The SMILES string of the molecule is CN(C(=O)OC(C)(C)C)c1nc(Br)cc2c(CO)n[nH]c(=O)c12. The van der Waals surface area contributed by atoms with Crippen molar-refractivity contribution in [2.24, 2.45) is 0 Å². The number of halogens is 1. The fraction of sp³-hybridized carbons (Fsp3) is 0.429. The van der Waals surface area contributed by atoms with E-state index in [0.29, 0.717) is 9.99 Å². The maximum atomic E-state index is 12.3. The molecule has 8 nitrogen and oxygen atoms in total. The molecule has 0 radical (unpaired) electrons. The van der Waals surface area contributed by atoms with Crippen molar-refractivity contribution in [2.45, 2.75) is 33.0 Å². The van der Waals surface area contributed by atoms with Crippen LogP contribution < -0.4 is 10.5 Å². The summed E-state index contributed by atoms with van der Waals surface area (Å²) in [5.41, 5.74) is -0.915. The average molecular weight is 385 g/mol. The monoisotopic (exact) mass is 384 g/mol. The molecule has 2 N–H and O–H groups in total. The van der Waals surface area contributed by atoms with Crippen molar-refractivity contribution in [3.05, 3.63) is 26.7 Å². The Morgan fingerprint density at radius 2 is 2.13 bits per heavy atom. The largest absolute Gasteiger partial charge is 0.443 e. The maximum absolute atomic E-state index is 12.3. The minimum Gasteiger partial charge on any atom is -0.443 e. The first-order valence-electron chi connectivity index (χ1n) is 6.79. The van der Waals surface area contributed by atoms with Gasteiger partial charge in [-0.3, -0.25) is 9.69 Å². The quantitative estimate of drug-likeness (QED) is 0.765. The Hall–Kier alpha value is -2.00. The number of aliphatic hydroxyl groups excluding tert-OH is 1. The van der Waals surface area contributed by atoms with Crippen molar-refractivity contribution in [1.29, 1.82) is 0 Å². The van der Waals surface area contributed by atoms with E-state index in [4.69, 9.17) is 4.74 Å². The second kappa shape index (κ2) is 6.25. The van der Waals surface area contributed by atoms with Crippen molar-refractivity contribution >= 4 is 38.6 Å². The summed E-state index contributed by atoms with van der Waals surface area (Å²) in [6, 6.07) is 1.57. The van der Waals surface area contributed by atoms with Crippen molar-refractivity contribution < 1.29 is 14.6 Å². The fourth-order valence-corrected chi connectivity index (χ4v) is 2.36. The molecular weight excluding hydrogens is 368 g/mol. The molecule has 2 rings (SSSR count). The summed E-state index contributed by atoms with van der Waals surface area (Å²) in [6.45, 7) is 4.86. The summed E-state index contributed by atoms with van der Waals surface area (Å²) in [4.78, 5) is 29.8. The van der Waals surface area contributed by atoms with Gasteiger partial charge in [0.25, 0.3) is 5.56 Å². The number of nitrogens with one attached hydrogen (secondary N) is 1. The zero-order chi connectivity index (χ0) is 17.4. The summed E-state index contributed by atoms with van der Waals surface area (Å²) < 4.78 is 5.69. The molecule has 2 aromatic heterocycles. The van der Waals surface area contributed by atoms with Crippen LogP contribution in [0.25, 0.3) is 10.8 Å². The van der Waals surface area contributed by atoms with E-state index in [9.17, 15) is 14.7 Å². The summed E-state index contributed by atoms with van der Waals surface area (Å²) in [5, 5.41) is 16.0. The number of H-pyrrole nitrogens is 1. The highest BCUT2D eigenvalue weighted by molar-refractivity contribution is 9.10. The van der Waals surface area contributed by atoms with Gasteiger partial charge in [0.15, 0.2) is 5.82 Å². The van der Waals surface area contributed by atoms with E-state index >= 15 is 0 Å². The van der Waals surface area contributed by atoms with E-state index in [1.54, 1.807) is 26.8 Å². The molecule has 0 unspecified atom stereocenters. The van der Waals surface area contributed by atoms with E-state index < -0.39 is 17.3 Å². The number of hydrogen-bond acceptors (Lipinski definition) is 6. The number of nitrogens with zero attached hydrogens (tertiary/aromatic N) is 3. The van der Waals surface area contributed by atoms with Gasteiger partial charge in [0.1, 0.15) is 10.2 Å². The smallest absolute Gasteiger partial charge is 0.415 e. The molecule has 0 aliphatic heterocycles. The molecule has 0 spiro atoms. The van der Waals surface area contributed by atoms with Crippen LogP contribution in [0, 0.1) is 0 Å². The van der Waals surface area contributed by atoms with Crippen LogP contribution in [0.2, 0.25) is 0 Å². The number of carbonyl (C=O) groups is 1. The minimum atomic E-state index is -0.683. The van der Waals surface area contributed by atoms with Crippen LogP contribution in [-0.4, -0.2) is 39.0 Å². The van der Waals surface area contributed by atoms with Crippen molar-refractivity contribution in [2.75, 3.05) is 11.9 Å². The van der Waals surface area contributed by atoms with Gasteiger partial charge in [-0.15, -0.1) is 0 Å². The van der Waals surface area contributed by atoms with E-state index in [0.717, 1.165) is 4.90 Å². The van der Waals surface area contributed by atoms with Crippen LogP contribution in [0.5, 0.6) is 0 Å². The molecule has 0 saturated heterocycles. The van der Waals surface area contributed by atoms with E-state index in [1.165, 1.54) is 7.05 Å². The van der Waals surface area contributed by atoms with Crippen LogP contribution in [0.3, 0.4) is 0 Å². The second-order valence-corrected chi connectivity index (χ2v) is 6.70. The zero-order valence-corrected chi connectivity index (χ0v) is 14.8. The van der Waals surface area contributed by atoms with E-state index in [2.05, 4.69) is 31.1 Å². The Bertz CT molecular complexity index is 813. The third-order valence-electron chi connectivity index (χ3n) is 2.93. The van der Waals surface area contributed by atoms with Crippen LogP contribution in [0.1, 0.15) is 26.5 Å². The summed E-state index contributed by atoms with van der Waals surface area (Å²) in [7, 11) is 1.46. The Labute approximate surface area is 140 Å². The number of hydrogen-bond donors (Lipinski definition) is 2. The van der Waals surface area contributed by atoms with Gasteiger partial charge in [-0.1, -0.05) is 0 Å². The molecule has 23 heavy (non-hydrogen) atoms.